The normalized spacial score (nSPS) is 23.4. The van der Waals surface area contributed by atoms with Crippen molar-refractivity contribution in [1.29, 1.82) is 0 Å². The monoisotopic (exact) mass is 342 g/mol. The molecule has 0 bridgehead atoms. The topological polar surface area (TPSA) is 41.6 Å². The minimum atomic E-state index is -4.50. The zero-order valence-corrected chi connectivity index (χ0v) is 13.5. The van der Waals surface area contributed by atoms with Crippen LogP contribution < -0.4 is 10.1 Å². The number of rotatable bonds is 2. The molecule has 0 unspecified atom stereocenters. The molecular formula is C17H21F3N2O2. The molecule has 24 heavy (non-hydrogen) atoms. The zero-order chi connectivity index (χ0) is 17.4. The van der Waals surface area contributed by atoms with Crippen LogP contribution in [0.4, 0.5) is 13.2 Å². The lowest BCUT2D eigenvalue weighted by atomic mass is 9.80. The molecule has 0 radical (unpaired) electrons. The Bertz CT molecular complexity index is 610. The Morgan fingerprint density at radius 1 is 1.33 bits per heavy atom. The van der Waals surface area contributed by atoms with E-state index in [1.807, 2.05) is 19.2 Å². The van der Waals surface area contributed by atoms with Gasteiger partial charge in [-0.2, -0.15) is 13.2 Å². The van der Waals surface area contributed by atoms with Gasteiger partial charge in [0.2, 0.25) is 5.91 Å². The highest BCUT2D eigenvalue weighted by molar-refractivity contribution is 5.77. The van der Waals surface area contributed by atoms with Gasteiger partial charge < -0.3 is 15.0 Å². The van der Waals surface area contributed by atoms with Crippen LogP contribution in [0.3, 0.4) is 0 Å². The summed E-state index contributed by atoms with van der Waals surface area (Å²) in [5, 5.41) is 2.56. The van der Waals surface area contributed by atoms with Crippen LogP contribution in [0.25, 0.3) is 0 Å². The second-order valence-electron chi connectivity index (χ2n) is 6.74. The molecule has 1 N–H and O–H groups in total. The van der Waals surface area contributed by atoms with Gasteiger partial charge in [-0.3, -0.25) is 4.79 Å². The van der Waals surface area contributed by atoms with Crippen LogP contribution >= 0.6 is 0 Å². The predicted octanol–water partition coefficient (Wildman–Crippen LogP) is 3.04. The van der Waals surface area contributed by atoms with Crippen molar-refractivity contribution < 1.29 is 22.7 Å². The molecule has 132 valence electrons. The molecular weight excluding hydrogens is 321 g/mol. The fraction of sp³-hybridized carbons (Fsp3) is 0.588. The summed E-state index contributed by atoms with van der Waals surface area (Å²) in [7, 11) is 2.03. The lowest BCUT2D eigenvalue weighted by Crippen LogP contribution is -2.51. The number of halogens is 3. The van der Waals surface area contributed by atoms with Crippen molar-refractivity contribution in [3.8, 4) is 5.75 Å². The number of hydrogen-bond acceptors (Lipinski definition) is 3. The van der Waals surface area contributed by atoms with Crippen LogP contribution in [0.15, 0.2) is 24.3 Å². The second kappa shape index (κ2) is 6.27. The first kappa shape index (κ1) is 17.1. The highest BCUT2D eigenvalue weighted by atomic mass is 19.4. The smallest absolute Gasteiger partial charge is 0.397 e. The van der Waals surface area contributed by atoms with Crippen LogP contribution in [-0.2, 0) is 4.79 Å². The average molecular weight is 342 g/mol. The summed E-state index contributed by atoms with van der Waals surface area (Å²) in [6.07, 6.45) is -3.86. The molecule has 1 atom stereocenters. The molecule has 0 saturated carbocycles. The minimum absolute atomic E-state index is 0.420. The van der Waals surface area contributed by atoms with Crippen molar-refractivity contribution in [3.63, 3.8) is 0 Å². The number of carbonyl (C=O) groups is 1. The molecule has 1 fully saturated rings. The van der Waals surface area contributed by atoms with Crippen LogP contribution in [-0.4, -0.2) is 42.7 Å². The summed E-state index contributed by atoms with van der Waals surface area (Å²) in [5.74, 6) is -0.335. The van der Waals surface area contributed by atoms with Gasteiger partial charge >= 0.3 is 6.18 Å². The summed E-state index contributed by atoms with van der Waals surface area (Å²) in [4.78, 5) is 14.0. The molecule has 2 aliphatic rings. The van der Waals surface area contributed by atoms with Crippen LogP contribution in [0.5, 0.6) is 5.75 Å². The molecule has 2 aliphatic heterocycles. The number of alkyl halides is 3. The van der Waals surface area contributed by atoms with Crippen LogP contribution in [0, 0.1) is 0 Å². The van der Waals surface area contributed by atoms with Crippen molar-refractivity contribution >= 4 is 5.91 Å². The number of nitrogens with one attached hydrogen (secondary N) is 1. The van der Waals surface area contributed by atoms with E-state index in [-0.39, 0.29) is 0 Å². The maximum absolute atomic E-state index is 12.5. The van der Waals surface area contributed by atoms with Gasteiger partial charge in [0.25, 0.3) is 0 Å². The molecule has 1 aromatic rings. The van der Waals surface area contributed by atoms with Crippen molar-refractivity contribution in [2.24, 2.45) is 0 Å². The van der Waals surface area contributed by atoms with E-state index in [9.17, 15) is 18.0 Å². The van der Waals surface area contributed by atoms with Gasteiger partial charge in [0, 0.05) is 25.1 Å². The van der Waals surface area contributed by atoms with Gasteiger partial charge in [0.05, 0.1) is 6.04 Å². The molecule has 7 heteroatoms. The Hall–Kier alpha value is -1.76. The van der Waals surface area contributed by atoms with E-state index in [0.29, 0.717) is 12.2 Å². The Kier molecular flexibility index (Phi) is 4.46. The Labute approximate surface area is 139 Å². The third-order valence-corrected chi connectivity index (χ3v) is 4.79. The van der Waals surface area contributed by atoms with Gasteiger partial charge in [-0.15, -0.1) is 0 Å². The molecule has 0 aromatic heterocycles. The minimum Gasteiger partial charge on any atom is -0.487 e. The van der Waals surface area contributed by atoms with Gasteiger partial charge in [-0.05, 0) is 26.0 Å². The lowest BCUT2D eigenvalue weighted by molar-refractivity contribution is -0.154. The fourth-order valence-electron chi connectivity index (χ4n) is 3.51. The highest BCUT2D eigenvalue weighted by Crippen LogP contribution is 2.44. The fourth-order valence-corrected chi connectivity index (χ4v) is 3.51. The van der Waals surface area contributed by atoms with Crippen molar-refractivity contribution in [2.45, 2.75) is 43.5 Å². The Balaban J connectivity index is 1.80. The number of piperidine rings is 1. The summed E-state index contributed by atoms with van der Waals surface area (Å²) >= 11 is 0. The first-order valence-electron chi connectivity index (χ1n) is 8.09. The Morgan fingerprint density at radius 3 is 2.67 bits per heavy atom. The molecule has 1 spiro atoms. The van der Waals surface area contributed by atoms with E-state index in [4.69, 9.17) is 4.74 Å². The van der Waals surface area contributed by atoms with Crippen molar-refractivity contribution in [3.05, 3.63) is 29.8 Å². The largest absolute Gasteiger partial charge is 0.487 e. The van der Waals surface area contributed by atoms with E-state index >= 15 is 0 Å². The van der Waals surface area contributed by atoms with Gasteiger partial charge in [-0.1, -0.05) is 18.2 Å². The first-order valence-corrected chi connectivity index (χ1v) is 8.09. The zero-order valence-electron chi connectivity index (χ0n) is 13.5. The van der Waals surface area contributed by atoms with Crippen LogP contribution in [0.2, 0.25) is 0 Å². The highest BCUT2D eigenvalue weighted by Gasteiger charge is 2.43. The molecule has 3 rings (SSSR count). The number of nitrogens with zero attached hydrogens (tertiary/aromatic N) is 1. The van der Waals surface area contributed by atoms with E-state index in [1.54, 1.807) is 12.1 Å². The number of carbonyl (C=O) groups excluding carboxylic acids is 1. The average Bonchev–Trinajstić information content (AvgIpc) is 2.49. The SMILES string of the molecule is CN1CCC2(CC1)C[C@H](NC(=O)CC(F)(F)F)c1ccccc1O2. The molecule has 2 heterocycles. The molecule has 1 amide bonds. The summed E-state index contributed by atoms with van der Waals surface area (Å²) < 4.78 is 43.6. The lowest BCUT2D eigenvalue weighted by Gasteiger charge is -2.46. The summed E-state index contributed by atoms with van der Waals surface area (Å²) in [5.41, 5.74) is 0.328. The molecule has 1 saturated heterocycles. The number of fused-ring (bicyclic) bond motifs is 1. The number of hydrogen-bond donors (Lipinski definition) is 1. The van der Waals surface area contributed by atoms with E-state index in [2.05, 4.69) is 10.2 Å². The quantitative estimate of drug-likeness (QED) is 0.898. The van der Waals surface area contributed by atoms with E-state index in [0.717, 1.165) is 31.5 Å². The third kappa shape index (κ3) is 3.83. The van der Waals surface area contributed by atoms with E-state index in [1.165, 1.54) is 0 Å². The number of likely N-dealkylation sites (tertiary alicyclic amines) is 1. The number of para-hydroxylation sites is 1. The maximum Gasteiger partial charge on any atom is 0.397 e. The first-order chi connectivity index (χ1) is 11.3. The standard InChI is InChI=1S/C17H21F3N2O2/c1-22-8-6-16(7-9-22)10-13(21-15(23)11-17(18,19)20)12-4-2-3-5-14(12)24-16/h2-5,13H,6-11H2,1H3,(H,21,23)/t13-/m0/s1. The summed E-state index contributed by atoms with van der Waals surface area (Å²) in [6, 6.07) is 6.81. The second-order valence-corrected chi connectivity index (χ2v) is 6.74. The number of ether oxygens (including phenoxy) is 1. The molecule has 1 aromatic carbocycles. The van der Waals surface area contributed by atoms with Gasteiger partial charge in [-0.25, -0.2) is 0 Å². The van der Waals surface area contributed by atoms with Crippen molar-refractivity contribution in [1.82, 2.24) is 10.2 Å². The predicted molar refractivity (Wildman–Crippen MR) is 82.7 cm³/mol. The maximum atomic E-state index is 12.5. The Morgan fingerprint density at radius 2 is 2.00 bits per heavy atom. The number of amides is 1. The van der Waals surface area contributed by atoms with Gasteiger partial charge in [0.1, 0.15) is 17.8 Å². The van der Waals surface area contributed by atoms with Gasteiger partial charge in [0.15, 0.2) is 0 Å². The summed E-state index contributed by atoms with van der Waals surface area (Å²) in [6.45, 7) is 1.73. The van der Waals surface area contributed by atoms with E-state index < -0.39 is 30.1 Å². The van der Waals surface area contributed by atoms with Crippen molar-refractivity contribution in [2.75, 3.05) is 20.1 Å². The molecule has 0 aliphatic carbocycles. The third-order valence-electron chi connectivity index (χ3n) is 4.79. The number of benzene rings is 1. The molecule has 4 nitrogen and oxygen atoms in total. The van der Waals surface area contributed by atoms with Crippen LogP contribution in [0.1, 0.15) is 37.3 Å².